The third-order valence-electron chi connectivity index (χ3n) is 3.75. The zero-order valence-corrected chi connectivity index (χ0v) is 14.0. The van der Waals surface area contributed by atoms with Gasteiger partial charge in [0.2, 0.25) is 10.0 Å². The molecular weight excluding hydrogens is 310 g/mol. The number of nitrogens with one attached hydrogen (secondary N) is 2. The van der Waals surface area contributed by atoms with Crippen LogP contribution in [0.4, 0.5) is 0 Å². The Morgan fingerprint density at radius 1 is 1.43 bits per heavy atom. The summed E-state index contributed by atoms with van der Waals surface area (Å²) >= 11 is 6.12. The molecular formula is C14H22ClN3O2S. The smallest absolute Gasteiger partial charge is 0.240 e. The van der Waals surface area contributed by atoms with Crippen molar-refractivity contribution >= 4 is 21.6 Å². The molecule has 1 aromatic carbocycles. The minimum Gasteiger partial charge on any atom is -0.316 e. The molecule has 1 atom stereocenters. The quantitative estimate of drug-likeness (QED) is 0.824. The molecule has 21 heavy (non-hydrogen) atoms. The van der Waals surface area contributed by atoms with Crippen LogP contribution in [0.1, 0.15) is 12.0 Å². The number of likely N-dealkylation sites (tertiary alicyclic amines) is 1. The molecule has 0 spiro atoms. The first-order valence-corrected chi connectivity index (χ1v) is 8.89. The molecule has 1 fully saturated rings. The Balaban J connectivity index is 2.03. The van der Waals surface area contributed by atoms with Crippen molar-refractivity contribution in [2.45, 2.75) is 17.9 Å². The van der Waals surface area contributed by atoms with Crippen LogP contribution in [-0.2, 0) is 16.6 Å². The average Bonchev–Trinajstić information content (AvgIpc) is 2.85. The zero-order chi connectivity index (χ0) is 15.5. The van der Waals surface area contributed by atoms with E-state index in [9.17, 15) is 8.42 Å². The van der Waals surface area contributed by atoms with E-state index in [4.69, 9.17) is 11.6 Å². The highest BCUT2D eigenvalue weighted by Crippen LogP contribution is 2.21. The van der Waals surface area contributed by atoms with Gasteiger partial charge in [-0.15, -0.1) is 0 Å². The van der Waals surface area contributed by atoms with Crippen LogP contribution in [0.5, 0.6) is 0 Å². The Bertz CT molecular complexity index is 592. The maximum Gasteiger partial charge on any atom is 0.240 e. The SMILES string of the molecule is CNCc1ccc(S(=O)(=O)NCC2CCN(C)C2)cc1Cl. The molecule has 0 aromatic heterocycles. The van der Waals surface area contributed by atoms with Crippen LogP contribution in [0.3, 0.4) is 0 Å². The van der Waals surface area contributed by atoms with Crippen LogP contribution in [-0.4, -0.2) is 47.0 Å². The summed E-state index contributed by atoms with van der Waals surface area (Å²) in [5, 5.41) is 3.46. The molecule has 0 radical (unpaired) electrons. The lowest BCUT2D eigenvalue weighted by atomic mass is 10.1. The van der Waals surface area contributed by atoms with Crippen molar-refractivity contribution in [1.29, 1.82) is 0 Å². The molecule has 0 bridgehead atoms. The summed E-state index contributed by atoms with van der Waals surface area (Å²) in [4.78, 5) is 2.43. The molecule has 0 amide bonds. The highest BCUT2D eigenvalue weighted by molar-refractivity contribution is 7.89. The molecule has 1 aliphatic rings. The van der Waals surface area contributed by atoms with Gasteiger partial charge in [-0.1, -0.05) is 17.7 Å². The van der Waals surface area contributed by atoms with Gasteiger partial charge >= 0.3 is 0 Å². The summed E-state index contributed by atoms with van der Waals surface area (Å²) in [6.45, 7) is 3.05. The van der Waals surface area contributed by atoms with Crippen molar-refractivity contribution in [3.8, 4) is 0 Å². The topological polar surface area (TPSA) is 61.4 Å². The second-order valence-corrected chi connectivity index (χ2v) is 7.73. The lowest BCUT2D eigenvalue weighted by Gasteiger charge is -2.13. The maximum absolute atomic E-state index is 12.3. The van der Waals surface area contributed by atoms with Crippen LogP contribution < -0.4 is 10.0 Å². The predicted octanol–water partition coefficient (Wildman–Crippen LogP) is 1.29. The molecule has 2 N–H and O–H groups in total. The highest BCUT2D eigenvalue weighted by atomic mass is 35.5. The molecule has 0 saturated carbocycles. The van der Waals surface area contributed by atoms with Gasteiger partial charge in [-0.05, 0) is 50.7 Å². The number of benzene rings is 1. The van der Waals surface area contributed by atoms with Crippen LogP contribution in [0.25, 0.3) is 0 Å². The monoisotopic (exact) mass is 331 g/mol. The molecule has 1 heterocycles. The summed E-state index contributed by atoms with van der Waals surface area (Å²) in [5.41, 5.74) is 0.885. The average molecular weight is 332 g/mol. The first-order valence-electron chi connectivity index (χ1n) is 7.03. The first kappa shape index (κ1) is 16.7. The van der Waals surface area contributed by atoms with Crippen LogP contribution in [0, 0.1) is 5.92 Å². The van der Waals surface area contributed by atoms with E-state index < -0.39 is 10.0 Å². The van der Waals surface area contributed by atoms with Crippen molar-refractivity contribution in [3.63, 3.8) is 0 Å². The van der Waals surface area contributed by atoms with Crippen LogP contribution in [0.2, 0.25) is 5.02 Å². The molecule has 5 nitrogen and oxygen atoms in total. The summed E-state index contributed by atoms with van der Waals surface area (Å²) in [6, 6.07) is 4.86. The maximum atomic E-state index is 12.3. The molecule has 2 rings (SSSR count). The molecule has 118 valence electrons. The van der Waals surface area contributed by atoms with E-state index in [0.717, 1.165) is 25.1 Å². The Morgan fingerprint density at radius 3 is 2.76 bits per heavy atom. The second-order valence-electron chi connectivity index (χ2n) is 5.55. The normalized spacial score (nSPS) is 20.0. The van der Waals surface area contributed by atoms with Crippen molar-refractivity contribution in [3.05, 3.63) is 28.8 Å². The third kappa shape index (κ3) is 4.40. The second kappa shape index (κ2) is 7.07. The molecule has 1 unspecified atom stereocenters. The van der Waals surface area contributed by atoms with Gasteiger partial charge in [-0.3, -0.25) is 0 Å². The van der Waals surface area contributed by atoms with Crippen molar-refractivity contribution in [2.75, 3.05) is 33.7 Å². The minimum absolute atomic E-state index is 0.221. The van der Waals surface area contributed by atoms with E-state index in [1.807, 2.05) is 7.05 Å². The summed E-state index contributed by atoms with van der Waals surface area (Å²) < 4.78 is 27.3. The molecule has 1 saturated heterocycles. The Hall–Kier alpha value is -0.660. The third-order valence-corrected chi connectivity index (χ3v) is 5.53. The van der Waals surface area contributed by atoms with Gasteiger partial charge in [0.05, 0.1) is 4.90 Å². The Morgan fingerprint density at radius 2 is 2.19 bits per heavy atom. The van der Waals surface area contributed by atoms with E-state index >= 15 is 0 Å². The molecule has 1 aromatic rings. The van der Waals surface area contributed by atoms with Gasteiger partial charge in [0.1, 0.15) is 0 Å². The molecule has 1 aliphatic heterocycles. The number of rotatable bonds is 6. The van der Waals surface area contributed by atoms with Crippen molar-refractivity contribution in [2.24, 2.45) is 5.92 Å². The van der Waals surface area contributed by atoms with Gasteiger partial charge in [-0.25, -0.2) is 13.1 Å². The number of hydrogen-bond donors (Lipinski definition) is 2. The van der Waals surface area contributed by atoms with E-state index in [1.54, 1.807) is 12.1 Å². The van der Waals surface area contributed by atoms with Crippen molar-refractivity contribution < 1.29 is 8.42 Å². The number of sulfonamides is 1. The number of hydrogen-bond acceptors (Lipinski definition) is 4. The van der Waals surface area contributed by atoms with Crippen molar-refractivity contribution in [1.82, 2.24) is 14.9 Å². The Kier molecular flexibility index (Phi) is 5.62. The first-order chi connectivity index (χ1) is 9.92. The zero-order valence-electron chi connectivity index (χ0n) is 12.4. The van der Waals surface area contributed by atoms with Crippen LogP contribution >= 0.6 is 11.6 Å². The van der Waals surface area contributed by atoms with Gasteiger partial charge in [0.25, 0.3) is 0 Å². The lowest BCUT2D eigenvalue weighted by molar-refractivity contribution is 0.394. The van der Waals surface area contributed by atoms with Gasteiger partial charge in [0, 0.05) is 24.7 Å². The summed E-state index contributed by atoms with van der Waals surface area (Å²) in [5.74, 6) is 0.379. The predicted molar refractivity (Wildman–Crippen MR) is 85.0 cm³/mol. The lowest BCUT2D eigenvalue weighted by Crippen LogP contribution is -2.30. The summed E-state index contributed by atoms with van der Waals surface area (Å²) in [6.07, 6.45) is 1.03. The summed E-state index contributed by atoms with van der Waals surface area (Å²) in [7, 11) is 0.378. The Labute approximate surface area is 131 Å². The van der Waals surface area contributed by atoms with Gasteiger partial charge in [0.15, 0.2) is 0 Å². The number of halogens is 1. The molecule has 0 aliphatic carbocycles. The fourth-order valence-electron chi connectivity index (χ4n) is 2.53. The number of nitrogens with zero attached hydrogens (tertiary/aromatic N) is 1. The van der Waals surface area contributed by atoms with Crippen LogP contribution in [0.15, 0.2) is 23.1 Å². The van der Waals surface area contributed by atoms with Gasteiger partial charge < -0.3 is 10.2 Å². The highest BCUT2D eigenvalue weighted by Gasteiger charge is 2.22. The fourth-order valence-corrected chi connectivity index (χ4v) is 3.99. The minimum atomic E-state index is -3.49. The van der Waals surface area contributed by atoms with E-state index in [2.05, 4.69) is 22.0 Å². The van der Waals surface area contributed by atoms with E-state index in [1.165, 1.54) is 6.07 Å². The van der Waals surface area contributed by atoms with Gasteiger partial charge in [-0.2, -0.15) is 0 Å². The van der Waals surface area contributed by atoms with E-state index in [0.29, 0.717) is 24.0 Å². The molecule has 7 heteroatoms. The largest absolute Gasteiger partial charge is 0.316 e. The fraction of sp³-hybridized carbons (Fsp3) is 0.571. The van der Waals surface area contributed by atoms with E-state index in [-0.39, 0.29) is 4.90 Å². The standard InChI is InChI=1S/C14H22ClN3O2S/c1-16-9-12-3-4-13(7-14(12)15)21(19,20)17-8-11-5-6-18(2)10-11/h3-4,7,11,16-17H,5-6,8-10H2,1-2H3.